The van der Waals surface area contributed by atoms with Crippen LogP contribution in [-0.2, 0) is 4.74 Å². The fourth-order valence-electron chi connectivity index (χ4n) is 1.83. The number of nitriles is 1. The monoisotopic (exact) mass is 235 g/mol. The zero-order valence-corrected chi connectivity index (χ0v) is 9.26. The maximum atomic E-state index is 12.2. The zero-order chi connectivity index (χ0) is 12.2. The van der Waals surface area contributed by atoms with Gasteiger partial charge in [0.15, 0.2) is 5.92 Å². The van der Waals surface area contributed by atoms with Crippen molar-refractivity contribution in [2.75, 3.05) is 6.61 Å². The Morgan fingerprint density at radius 2 is 1.88 bits per heavy atom. The summed E-state index contributed by atoms with van der Waals surface area (Å²) in [5.41, 5.74) is 0. The summed E-state index contributed by atoms with van der Waals surface area (Å²) in [7, 11) is 0. The Morgan fingerprint density at radius 3 is 2.31 bits per heavy atom. The molecule has 16 heavy (non-hydrogen) atoms. The highest BCUT2D eigenvalue weighted by Gasteiger charge is 2.40. The summed E-state index contributed by atoms with van der Waals surface area (Å²) in [6.07, 6.45) is -0.984. The van der Waals surface area contributed by atoms with E-state index in [1.807, 2.05) is 0 Å². The molecular weight excluding hydrogens is 219 g/mol. The van der Waals surface area contributed by atoms with Crippen molar-refractivity contribution < 1.29 is 17.9 Å². The molecule has 5 heteroatoms. The normalized spacial score (nSPS) is 28.4. The number of halogens is 3. The van der Waals surface area contributed by atoms with E-state index in [1.165, 1.54) is 6.07 Å². The minimum Gasteiger partial charge on any atom is -0.376 e. The third-order valence-corrected chi connectivity index (χ3v) is 3.01. The van der Waals surface area contributed by atoms with Crippen LogP contribution in [0.4, 0.5) is 13.2 Å². The van der Waals surface area contributed by atoms with Gasteiger partial charge in [0.05, 0.1) is 18.8 Å². The van der Waals surface area contributed by atoms with Crippen LogP contribution in [0.2, 0.25) is 0 Å². The van der Waals surface area contributed by atoms with E-state index in [4.69, 9.17) is 10.00 Å². The van der Waals surface area contributed by atoms with Gasteiger partial charge in [-0.1, -0.05) is 6.92 Å². The minimum atomic E-state index is -4.48. The van der Waals surface area contributed by atoms with Gasteiger partial charge in [-0.05, 0) is 31.6 Å². The van der Waals surface area contributed by atoms with E-state index in [0.29, 0.717) is 5.92 Å². The smallest absolute Gasteiger partial charge is 0.376 e. The van der Waals surface area contributed by atoms with Crippen molar-refractivity contribution >= 4 is 0 Å². The molecule has 0 amide bonds. The number of hydrogen-bond acceptors (Lipinski definition) is 2. The standard InChI is InChI=1S/C11H16F3NO/c1-8-2-4-10(5-3-8)16-7-9(6-15)11(12,13)14/h8-10H,2-5,7H2,1H3. The summed E-state index contributed by atoms with van der Waals surface area (Å²) in [5, 5.41) is 8.38. The lowest BCUT2D eigenvalue weighted by molar-refractivity contribution is -0.177. The molecule has 1 rings (SSSR count). The molecule has 1 saturated carbocycles. The van der Waals surface area contributed by atoms with E-state index in [1.54, 1.807) is 0 Å². The van der Waals surface area contributed by atoms with Crippen LogP contribution < -0.4 is 0 Å². The maximum Gasteiger partial charge on any atom is 0.406 e. The van der Waals surface area contributed by atoms with E-state index in [2.05, 4.69) is 6.92 Å². The highest BCUT2D eigenvalue weighted by molar-refractivity contribution is 4.88. The molecule has 1 aliphatic carbocycles. The lowest BCUT2D eigenvalue weighted by Gasteiger charge is -2.27. The molecule has 0 aromatic heterocycles. The highest BCUT2D eigenvalue weighted by Crippen LogP contribution is 2.29. The molecule has 0 aliphatic heterocycles. The van der Waals surface area contributed by atoms with E-state index in [-0.39, 0.29) is 6.10 Å². The second kappa shape index (κ2) is 5.53. The molecule has 0 heterocycles. The molecule has 2 nitrogen and oxygen atoms in total. The lowest BCUT2D eigenvalue weighted by Crippen LogP contribution is -2.30. The third kappa shape index (κ3) is 4.01. The van der Waals surface area contributed by atoms with Gasteiger partial charge < -0.3 is 4.74 Å². The molecular formula is C11H16F3NO. The molecule has 1 unspecified atom stereocenters. The van der Waals surface area contributed by atoms with Crippen LogP contribution in [0.25, 0.3) is 0 Å². The summed E-state index contributed by atoms with van der Waals surface area (Å²) in [4.78, 5) is 0. The first kappa shape index (κ1) is 13.3. The summed E-state index contributed by atoms with van der Waals surface area (Å²) in [5.74, 6) is -1.36. The van der Waals surface area contributed by atoms with Crippen molar-refractivity contribution in [3.05, 3.63) is 0 Å². The van der Waals surface area contributed by atoms with Gasteiger partial charge in [0, 0.05) is 0 Å². The predicted molar refractivity (Wildman–Crippen MR) is 52.5 cm³/mol. The second-order valence-corrected chi connectivity index (χ2v) is 4.44. The summed E-state index contributed by atoms with van der Waals surface area (Å²) in [6, 6.07) is 1.24. The molecule has 0 bridgehead atoms. The molecule has 1 atom stereocenters. The number of alkyl halides is 3. The average Bonchev–Trinajstić information content (AvgIpc) is 2.19. The quantitative estimate of drug-likeness (QED) is 0.752. The zero-order valence-electron chi connectivity index (χ0n) is 9.26. The van der Waals surface area contributed by atoms with Gasteiger partial charge in [-0.3, -0.25) is 0 Å². The molecule has 0 N–H and O–H groups in total. The number of rotatable bonds is 3. The number of nitrogens with zero attached hydrogens (tertiary/aromatic N) is 1. The topological polar surface area (TPSA) is 33.0 Å². The van der Waals surface area contributed by atoms with Gasteiger partial charge >= 0.3 is 6.18 Å². The van der Waals surface area contributed by atoms with Crippen molar-refractivity contribution in [3.63, 3.8) is 0 Å². The van der Waals surface area contributed by atoms with Crippen LogP contribution in [-0.4, -0.2) is 18.9 Å². The van der Waals surface area contributed by atoms with Gasteiger partial charge in [0.25, 0.3) is 0 Å². The lowest BCUT2D eigenvalue weighted by atomic mass is 9.89. The van der Waals surface area contributed by atoms with Crippen LogP contribution in [0, 0.1) is 23.2 Å². The summed E-state index contributed by atoms with van der Waals surface area (Å²) >= 11 is 0. The van der Waals surface area contributed by atoms with Gasteiger partial charge in [0.2, 0.25) is 0 Å². The molecule has 0 spiro atoms. The van der Waals surface area contributed by atoms with Crippen molar-refractivity contribution in [3.8, 4) is 6.07 Å². The van der Waals surface area contributed by atoms with E-state index in [0.717, 1.165) is 25.7 Å². The predicted octanol–water partition coefficient (Wildman–Crippen LogP) is 3.28. The van der Waals surface area contributed by atoms with Crippen molar-refractivity contribution in [1.29, 1.82) is 5.26 Å². The number of hydrogen-bond donors (Lipinski definition) is 0. The van der Waals surface area contributed by atoms with Crippen LogP contribution in [0.3, 0.4) is 0 Å². The fraction of sp³-hybridized carbons (Fsp3) is 0.909. The van der Waals surface area contributed by atoms with Crippen LogP contribution in [0.5, 0.6) is 0 Å². The van der Waals surface area contributed by atoms with Gasteiger partial charge in [-0.2, -0.15) is 18.4 Å². The first-order chi connectivity index (χ1) is 7.43. The van der Waals surface area contributed by atoms with Crippen molar-refractivity contribution in [2.45, 2.75) is 44.9 Å². The fourth-order valence-corrected chi connectivity index (χ4v) is 1.83. The molecule has 0 aromatic rings. The molecule has 1 aliphatic rings. The Kier molecular flexibility index (Phi) is 4.60. The molecule has 0 aromatic carbocycles. The van der Waals surface area contributed by atoms with Crippen molar-refractivity contribution in [2.24, 2.45) is 11.8 Å². The van der Waals surface area contributed by atoms with Crippen LogP contribution in [0.1, 0.15) is 32.6 Å². The van der Waals surface area contributed by atoms with E-state index in [9.17, 15) is 13.2 Å². The van der Waals surface area contributed by atoms with Crippen LogP contribution in [0.15, 0.2) is 0 Å². The minimum absolute atomic E-state index is 0.102. The Labute approximate surface area is 93.4 Å². The second-order valence-electron chi connectivity index (χ2n) is 4.44. The summed E-state index contributed by atoms with van der Waals surface area (Å²) < 4.78 is 41.9. The van der Waals surface area contributed by atoms with Gasteiger partial charge in [-0.25, -0.2) is 0 Å². The Balaban J connectivity index is 2.31. The molecule has 92 valence electrons. The average molecular weight is 235 g/mol. The maximum absolute atomic E-state index is 12.2. The van der Waals surface area contributed by atoms with E-state index >= 15 is 0 Å². The van der Waals surface area contributed by atoms with Crippen LogP contribution >= 0.6 is 0 Å². The van der Waals surface area contributed by atoms with Gasteiger partial charge in [-0.15, -0.1) is 0 Å². The van der Waals surface area contributed by atoms with E-state index < -0.39 is 18.7 Å². The molecule has 1 fully saturated rings. The number of ether oxygens (including phenoxy) is 1. The Hall–Kier alpha value is -0.760. The Bertz CT molecular complexity index is 251. The Morgan fingerprint density at radius 1 is 1.31 bits per heavy atom. The first-order valence-corrected chi connectivity index (χ1v) is 5.51. The third-order valence-electron chi connectivity index (χ3n) is 3.01. The molecule has 0 saturated heterocycles. The molecule has 0 radical (unpaired) electrons. The summed E-state index contributed by atoms with van der Waals surface area (Å²) in [6.45, 7) is 1.60. The highest BCUT2D eigenvalue weighted by atomic mass is 19.4. The first-order valence-electron chi connectivity index (χ1n) is 5.51. The van der Waals surface area contributed by atoms with Gasteiger partial charge in [0.1, 0.15) is 0 Å². The van der Waals surface area contributed by atoms with Crippen molar-refractivity contribution in [1.82, 2.24) is 0 Å². The SMILES string of the molecule is CC1CCC(OCC(C#N)C(F)(F)F)CC1. The largest absolute Gasteiger partial charge is 0.406 e.